The summed E-state index contributed by atoms with van der Waals surface area (Å²) < 4.78 is 2.01. The molecule has 0 aliphatic carbocycles. The average Bonchev–Trinajstić information content (AvgIpc) is 2.82. The summed E-state index contributed by atoms with van der Waals surface area (Å²) in [6.07, 6.45) is 3.79. The van der Waals surface area contributed by atoms with Gasteiger partial charge in [-0.25, -0.2) is 4.98 Å². The fraction of sp³-hybridized carbons (Fsp3) is 0.0714. The van der Waals surface area contributed by atoms with Crippen LogP contribution in [0.4, 0.5) is 0 Å². The minimum atomic E-state index is 0.255. The Morgan fingerprint density at radius 1 is 1.17 bits per heavy atom. The molecule has 2 heterocycles. The van der Waals surface area contributed by atoms with E-state index in [1.165, 1.54) is 0 Å². The smallest absolute Gasteiger partial charge is 0.144 e. The van der Waals surface area contributed by atoms with Crippen LogP contribution in [-0.2, 0) is 6.54 Å². The van der Waals surface area contributed by atoms with E-state index >= 15 is 0 Å². The van der Waals surface area contributed by atoms with Crippen molar-refractivity contribution in [1.82, 2.24) is 9.38 Å². The molecule has 3 aromatic rings. The number of hydrogen-bond donors (Lipinski definition) is 2. The van der Waals surface area contributed by atoms with Gasteiger partial charge in [-0.2, -0.15) is 0 Å². The zero-order valence-corrected chi connectivity index (χ0v) is 9.74. The molecule has 2 aromatic heterocycles. The zero-order valence-electron chi connectivity index (χ0n) is 9.74. The number of phenolic OH excluding ortho intramolecular Hbond substituents is 1. The van der Waals surface area contributed by atoms with Gasteiger partial charge in [-0.15, -0.1) is 0 Å². The van der Waals surface area contributed by atoms with E-state index in [4.69, 9.17) is 5.73 Å². The second-order valence-corrected chi connectivity index (χ2v) is 4.16. The Labute approximate surface area is 104 Å². The summed E-state index contributed by atoms with van der Waals surface area (Å²) in [6.45, 7) is 0.524. The Morgan fingerprint density at radius 2 is 1.94 bits per heavy atom. The van der Waals surface area contributed by atoms with Crippen molar-refractivity contribution >= 4 is 5.52 Å². The van der Waals surface area contributed by atoms with Gasteiger partial charge < -0.3 is 10.8 Å². The van der Waals surface area contributed by atoms with Crippen LogP contribution in [0.2, 0.25) is 0 Å². The van der Waals surface area contributed by atoms with Gasteiger partial charge in [0.15, 0.2) is 0 Å². The molecule has 0 unspecified atom stereocenters. The van der Waals surface area contributed by atoms with Gasteiger partial charge in [0.2, 0.25) is 0 Å². The SMILES string of the molecule is NCc1ccn2c(-c3ccc(O)cc3)ncc2c1. The summed E-state index contributed by atoms with van der Waals surface area (Å²) >= 11 is 0. The number of nitrogens with zero attached hydrogens (tertiary/aromatic N) is 2. The van der Waals surface area contributed by atoms with Crippen LogP contribution in [0.3, 0.4) is 0 Å². The van der Waals surface area contributed by atoms with Crippen LogP contribution in [0.5, 0.6) is 5.75 Å². The zero-order chi connectivity index (χ0) is 12.5. The van der Waals surface area contributed by atoms with E-state index in [9.17, 15) is 5.11 Å². The molecule has 0 fully saturated rings. The van der Waals surface area contributed by atoms with Gasteiger partial charge in [-0.3, -0.25) is 4.40 Å². The lowest BCUT2D eigenvalue weighted by Gasteiger charge is -2.03. The number of hydrogen-bond acceptors (Lipinski definition) is 3. The largest absolute Gasteiger partial charge is 0.508 e. The predicted octanol–water partition coefficient (Wildman–Crippen LogP) is 2.17. The first kappa shape index (κ1) is 10.8. The normalized spacial score (nSPS) is 10.9. The van der Waals surface area contributed by atoms with Crippen molar-refractivity contribution in [2.24, 2.45) is 5.73 Å². The fourth-order valence-corrected chi connectivity index (χ4v) is 2.00. The highest BCUT2D eigenvalue weighted by molar-refractivity contribution is 5.63. The van der Waals surface area contributed by atoms with Crippen LogP contribution in [-0.4, -0.2) is 14.5 Å². The van der Waals surface area contributed by atoms with Crippen molar-refractivity contribution in [3.8, 4) is 17.1 Å². The highest BCUT2D eigenvalue weighted by Gasteiger charge is 2.06. The maximum atomic E-state index is 9.29. The molecule has 3 rings (SSSR count). The van der Waals surface area contributed by atoms with Crippen molar-refractivity contribution in [2.45, 2.75) is 6.54 Å². The van der Waals surface area contributed by atoms with Crippen molar-refractivity contribution in [3.63, 3.8) is 0 Å². The second kappa shape index (κ2) is 4.16. The first-order valence-corrected chi connectivity index (χ1v) is 5.73. The second-order valence-electron chi connectivity index (χ2n) is 4.16. The Balaban J connectivity index is 2.15. The molecule has 0 spiro atoms. The number of fused-ring (bicyclic) bond motifs is 1. The van der Waals surface area contributed by atoms with Crippen LogP contribution in [0.1, 0.15) is 5.56 Å². The predicted molar refractivity (Wildman–Crippen MR) is 70.2 cm³/mol. The standard InChI is InChI=1S/C14H13N3O/c15-8-10-5-6-17-12(7-10)9-16-14(17)11-1-3-13(18)4-2-11/h1-7,9,18H,8,15H2. The number of phenols is 1. The Bertz CT molecular complexity index is 686. The first-order valence-electron chi connectivity index (χ1n) is 5.73. The average molecular weight is 239 g/mol. The molecule has 3 N–H and O–H groups in total. The highest BCUT2D eigenvalue weighted by atomic mass is 16.3. The Hall–Kier alpha value is -2.33. The van der Waals surface area contributed by atoms with Crippen LogP contribution < -0.4 is 5.73 Å². The third-order valence-electron chi connectivity index (χ3n) is 2.96. The van der Waals surface area contributed by atoms with Crippen molar-refractivity contribution in [3.05, 3.63) is 54.4 Å². The lowest BCUT2D eigenvalue weighted by Crippen LogP contribution is -1.97. The molecule has 0 atom stereocenters. The molecule has 0 saturated carbocycles. The van der Waals surface area contributed by atoms with E-state index in [-0.39, 0.29) is 5.75 Å². The number of aromatic hydroxyl groups is 1. The van der Waals surface area contributed by atoms with Crippen LogP contribution in [0.15, 0.2) is 48.8 Å². The van der Waals surface area contributed by atoms with Gasteiger partial charge in [0.05, 0.1) is 11.7 Å². The molecule has 18 heavy (non-hydrogen) atoms. The minimum Gasteiger partial charge on any atom is -0.508 e. The van der Waals surface area contributed by atoms with Gasteiger partial charge >= 0.3 is 0 Å². The van der Waals surface area contributed by atoms with E-state index in [1.807, 2.05) is 41.1 Å². The quantitative estimate of drug-likeness (QED) is 0.720. The van der Waals surface area contributed by atoms with Crippen molar-refractivity contribution < 1.29 is 5.11 Å². The van der Waals surface area contributed by atoms with Crippen molar-refractivity contribution in [2.75, 3.05) is 0 Å². The summed E-state index contributed by atoms with van der Waals surface area (Å²) in [7, 11) is 0. The minimum absolute atomic E-state index is 0.255. The van der Waals surface area contributed by atoms with E-state index in [2.05, 4.69) is 4.98 Å². The first-order chi connectivity index (χ1) is 8.78. The Morgan fingerprint density at radius 3 is 2.67 bits per heavy atom. The van der Waals surface area contributed by atoms with Gasteiger partial charge in [-0.05, 0) is 42.0 Å². The fourth-order valence-electron chi connectivity index (χ4n) is 2.00. The summed E-state index contributed by atoms with van der Waals surface area (Å²) in [5.41, 5.74) is 8.68. The van der Waals surface area contributed by atoms with Crippen molar-refractivity contribution in [1.29, 1.82) is 0 Å². The summed E-state index contributed by atoms with van der Waals surface area (Å²) in [6, 6.07) is 11.0. The molecule has 0 aliphatic heterocycles. The van der Waals surface area contributed by atoms with E-state index in [0.29, 0.717) is 6.54 Å². The third kappa shape index (κ3) is 1.72. The summed E-state index contributed by atoms with van der Waals surface area (Å²) in [4.78, 5) is 4.41. The topological polar surface area (TPSA) is 63.5 Å². The number of imidazole rings is 1. The number of pyridine rings is 1. The Kier molecular flexibility index (Phi) is 2.50. The molecule has 0 saturated heterocycles. The van der Waals surface area contributed by atoms with Crippen LogP contribution in [0.25, 0.3) is 16.9 Å². The number of benzene rings is 1. The summed E-state index contributed by atoms with van der Waals surface area (Å²) in [5.74, 6) is 1.11. The molecular formula is C14H13N3O. The molecule has 0 radical (unpaired) electrons. The summed E-state index contributed by atoms with van der Waals surface area (Å²) in [5, 5.41) is 9.29. The van der Waals surface area contributed by atoms with Gasteiger partial charge in [0.25, 0.3) is 0 Å². The molecule has 90 valence electrons. The molecule has 1 aromatic carbocycles. The lowest BCUT2D eigenvalue weighted by molar-refractivity contribution is 0.475. The molecule has 4 nitrogen and oxygen atoms in total. The van der Waals surface area contributed by atoms with Crippen LogP contribution in [0, 0.1) is 0 Å². The number of rotatable bonds is 2. The van der Waals surface area contributed by atoms with E-state index in [1.54, 1.807) is 12.1 Å². The number of aromatic nitrogens is 2. The maximum Gasteiger partial charge on any atom is 0.144 e. The third-order valence-corrected chi connectivity index (χ3v) is 2.96. The molecule has 0 amide bonds. The molecule has 4 heteroatoms. The maximum absolute atomic E-state index is 9.29. The molecule has 0 aliphatic rings. The molecular weight excluding hydrogens is 226 g/mol. The monoisotopic (exact) mass is 239 g/mol. The van der Waals surface area contributed by atoms with Gasteiger partial charge in [0, 0.05) is 18.3 Å². The van der Waals surface area contributed by atoms with Gasteiger partial charge in [-0.1, -0.05) is 0 Å². The lowest BCUT2D eigenvalue weighted by atomic mass is 10.2. The number of nitrogens with two attached hydrogens (primary N) is 1. The van der Waals surface area contributed by atoms with E-state index < -0.39 is 0 Å². The van der Waals surface area contributed by atoms with Gasteiger partial charge in [0.1, 0.15) is 11.6 Å². The highest BCUT2D eigenvalue weighted by Crippen LogP contribution is 2.22. The van der Waals surface area contributed by atoms with E-state index in [0.717, 1.165) is 22.5 Å². The van der Waals surface area contributed by atoms with Crippen LogP contribution >= 0.6 is 0 Å². The molecule has 0 bridgehead atoms.